The standard InChI is InChI=1S/C20H21N3O2S/c1-14-8-4-5-10-17(14)13-23-19(24)15(2)26-20(23)22-21-12-16-9-6-7-11-18(16)25-3/h4-12,15H,13H2,1-3H3/b21-12-,22-20+/t15-/m1/s1. The van der Waals surface area contributed by atoms with Crippen LogP contribution in [0.1, 0.15) is 23.6 Å². The fraction of sp³-hybridized carbons (Fsp3) is 0.250. The molecule has 0 bridgehead atoms. The third-order valence-corrected chi connectivity index (χ3v) is 5.26. The predicted octanol–water partition coefficient (Wildman–Crippen LogP) is 3.86. The van der Waals surface area contributed by atoms with Gasteiger partial charge in [-0.1, -0.05) is 48.2 Å². The highest BCUT2D eigenvalue weighted by molar-refractivity contribution is 8.15. The van der Waals surface area contributed by atoms with Crippen molar-refractivity contribution < 1.29 is 9.53 Å². The third-order valence-electron chi connectivity index (χ3n) is 4.20. The maximum Gasteiger partial charge on any atom is 0.242 e. The summed E-state index contributed by atoms with van der Waals surface area (Å²) in [6.07, 6.45) is 1.64. The number of para-hydroxylation sites is 1. The van der Waals surface area contributed by atoms with E-state index in [1.807, 2.05) is 62.4 Å². The summed E-state index contributed by atoms with van der Waals surface area (Å²) < 4.78 is 5.31. The van der Waals surface area contributed by atoms with E-state index in [9.17, 15) is 4.79 Å². The molecule has 0 radical (unpaired) electrons. The Bertz CT molecular complexity index is 864. The van der Waals surface area contributed by atoms with E-state index in [2.05, 4.69) is 10.2 Å². The van der Waals surface area contributed by atoms with Crippen LogP contribution in [0.25, 0.3) is 0 Å². The van der Waals surface area contributed by atoms with Gasteiger partial charge in [0.15, 0.2) is 5.17 Å². The number of rotatable bonds is 5. The third kappa shape index (κ3) is 3.96. The lowest BCUT2D eigenvalue weighted by molar-refractivity contribution is -0.126. The Kier molecular flexibility index (Phi) is 5.73. The van der Waals surface area contributed by atoms with E-state index in [-0.39, 0.29) is 11.2 Å². The maximum absolute atomic E-state index is 12.5. The van der Waals surface area contributed by atoms with Gasteiger partial charge in [-0.15, -0.1) is 5.10 Å². The van der Waals surface area contributed by atoms with Crippen LogP contribution in [0.5, 0.6) is 5.75 Å². The second-order valence-electron chi connectivity index (χ2n) is 5.98. The molecular formula is C20H21N3O2S. The SMILES string of the molecule is COc1ccccc1/C=N\N=C1\S[C@H](C)C(=O)N1Cc1ccccc1C. The van der Waals surface area contributed by atoms with Crippen LogP contribution in [0.2, 0.25) is 0 Å². The van der Waals surface area contributed by atoms with Gasteiger partial charge in [-0.3, -0.25) is 9.69 Å². The highest BCUT2D eigenvalue weighted by Crippen LogP contribution is 2.29. The van der Waals surface area contributed by atoms with E-state index in [4.69, 9.17) is 4.74 Å². The number of thioether (sulfide) groups is 1. The summed E-state index contributed by atoms with van der Waals surface area (Å²) in [4.78, 5) is 14.2. The summed E-state index contributed by atoms with van der Waals surface area (Å²) >= 11 is 1.43. The van der Waals surface area contributed by atoms with Crippen LogP contribution in [-0.2, 0) is 11.3 Å². The minimum atomic E-state index is -0.153. The van der Waals surface area contributed by atoms with E-state index in [0.29, 0.717) is 11.7 Å². The molecule has 1 fully saturated rings. The van der Waals surface area contributed by atoms with Crippen LogP contribution < -0.4 is 4.74 Å². The lowest BCUT2D eigenvalue weighted by Crippen LogP contribution is -2.31. The molecule has 26 heavy (non-hydrogen) atoms. The van der Waals surface area contributed by atoms with Crippen molar-refractivity contribution in [3.05, 3.63) is 65.2 Å². The van der Waals surface area contributed by atoms with Gasteiger partial charge in [-0.25, -0.2) is 0 Å². The van der Waals surface area contributed by atoms with E-state index in [0.717, 1.165) is 22.4 Å². The van der Waals surface area contributed by atoms with Crippen molar-refractivity contribution in [3.8, 4) is 5.75 Å². The lowest BCUT2D eigenvalue weighted by atomic mass is 10.1. The number of carbonyl (C=O) groups is 1. The van der Waals surface area contributed by atoms with Crippen molar-refractivity contribution in [2.24, 2.45) is 10.2 Å². The predicted molar refractivity (Wildman–Crippen MR) is 107 cm³/mol. The summed E-state index contributed by atoms with van der Waals surface area (Å²) in [6, 6.07) is 15.6. The van der Waals surface area contributed by atoms with Crippen molar-refractivity contribution in [1.82, 2.24) is 4.90 Å². The molecule has 0 unspecified atom stereocenters. The molecular weight excluding hydrogens is 346 g/mol. The number of aryl methyl sites for hydroxylation is 1. The summed E-state index contributed by atoms with van der Waals surface area (Å²) in [6.45, 7) is 4.44. The van der Waals surface area contributed by atoms with Crippen LogP contribution in [0, 0.1) is 6.92 Å². The molecule has 1 heterocycles. The molecule has 1 atom stereocenters. The number of hydrogen-bond acceptors (Lipinski definition) is 5. The van der Waals surface area contributed by atoms with Gasteiger partial charge >= 0.3 is 0 Å². The molecule has 6 heteroatoms. The number of hydrogen-bond donors (Lipinski definition) is 0. The second kappa shape index (κ2) is 8.19. The molecule has 0 aromatic heterocycles. The molecule has 1 aliphatic heterocycles. The molecule has 0 saturated carbocycles. The van der Waals surface area contributed by atoms with Gasteiger partial charge in [0.05, 0.1) is 25.1 Å². The largest absolute Gasteiger partial charge is 0.496 e. The Labute approximate surface area is 157 Å². The zero-order valence-electron chi connectivity index (χ0n) is 15.0. The first-order chi connectivity index (χ1) is 12.6. The highest BCUT2D eigenvalue weighted by Gasteiger charge is 2.35. The number of nitrogens with zero attached hydrogens (tertiary/aromatic N) is 3. The van der Waals surface area contributed by atoms with Crippen molar-refractivity contribution in [3.63, 3.8) is 0 Å². The molecule has 2 aromatic rings. The summed E-state index contributed by atoms with van der Waals surface area (Å²) in [5.41, 5.74) is 3.10. The number of amidine groups is 1. The molecule has 0 spiro atoms. The van der Waals surface area contributed by atoms with Crippen LogP contribution in [-0.4, -0.2) is 34.5 Å². The summed E-state index contributed by atoms with van der Waals surface area (Å²) in [5.74, 6) is 0.793. The second-order valence-corrected chi connectivity index (χ2v) is 7.29. The first kappa shape index (κ1) is 18.2. The van der Waals surface area contributed by atoms with Crippen LogP contribution in [0.3, 0.4) is 0 Å². The molecule has 2 aromatic carbocycles. The van der Waals surface area contributed by atoms with Gasteiger partial charge in [0.1, 0.15) is 5.75 Å². The van der Waals surface area contributed by atoms with Gasteiger partial charge in [0.2, 0.25) is 5.91 Å². The Morgan fingerprint density at radius 3 is 2.69 bits per heavy atom. The first-order valence-electron chi connectivity index (χ1n) is 8.36. The number of ether oxygens (including phenoxy) is 1. The van der Waals surface area contributed by atoms with E-state index >= 15 is 0 Å². The number of methoxy groups -OCH3 is 1. The van der Waals surface area contributed by atoms with Crippen LogP contribution in [0.15, 0.2) is 58.7 Å². The number of carbonyl (C=O) groups excluding carboxylic acids is 1. The monoisotopic (exact) mass is 367 g/mol. The topological polar surface area (TPSA) is 54.3 Å². The smallest absolute Gasteiger partial charge is 0.242 e. The highest BCUT2D eigenvalue weighted by atomic mass is 32.2. The normalized spacial score (nSPS) is 18.9. The van der Waals surface area contributed by atoms with Gasteiger partial charge < -0.3 is 4.74 Å². The van der Waals surface area contributed by atoms with Crippen molar-refractivity contribution in [1.29, 1.82) is 0 Å². The van der Waals surface area contributed by atoms with Crippen LogP contribution in [0.4, 0.5) is 0 Å². The summed E-state index contributed by atoms with van der Waals surface area (Å²) in [7, 11) is 1.62. The summed E-state index contributed by atoms with van der Waals surface area (Å²) in [5, 5.41) is 8.95. The molecule has 0 aliphatic carbocycles. The molecule has 1 aliphatic rings. The lowest BCUT2D eigenvalue weighted by Gasteiger charge is -2.16. The van der Waals surface area contributed by atoms with Crippen molar-refractivity contribution in [2.75, 3.05) is 7.11 Å². The Morgan fingerprint density at radius 2 is 1.92 bits per heavy atom. The molecule has 134 valence electrons. The average molecular weight is 367 g/mol. The molecule has 1 amide bonds. The van der Waals surface area contributed by atoms with E-state index in [1.165, 1.54) is 11.8 Å². The molecule has 0 N–H and O–H groups in total. The Hall–Kier alpha value is -2.60. The quantitative estimate of drug-likeness (QED) is 0.596. The van der Waals surface area contributed by atoms with Crippen molar-refractivity contribution in [2.45, 2.75) is 25.6 Å². The number of amides is 1. The fourth-order valence-electron chi connectivity index (χ4n) is 2.68. The Morgan fingerprint density at radius 1 is 1.19 bits per heavy atom. The van der Waals surface area contributed by atoms with Gasteiger partial charge in [-0.05, 0) is 37.1 Å². The molecule has 1 saturated heterocycles. The van der Waals surface area contributed by atoms with Crippen molar-refractivity contribution >= 4 is 29.1 Å². The Balaban J connectivity index is 1.82. The fourth-order valence-corrected chi connectivity index (χ4v) is 3.60. The average Bonchev–Trinajstić information content (AvgIpc) is 2.91. The molecule has 3 rings (SSSR count). The zero-order valence-corrected chi connectivity index (χ0v) is 15.9. The molecule has 5 nitrogen and oxygen atoms in total. The van der Waals surface area contributed by atoms with Gasteiger partial charge in [0.25, 0.3) is 0 Å². The van der Waals surface area contributed by atoms with Crippen LogP contribution >= 0.6 is 11.8 Å². The zero-order chi connectivity index (χ0) is 18.5. The number of benzene rings is 2. The first-order valence-corrected chi connectivity index (χ1v) is 9.24. The van der Waals surface area contributed by atoms with E-state index < -0.39 is 0 Å². The maximum atomic E-state index is 12.5. The van der Waals surface area contributed by atoms with E-state index in [1.54, 1.807) is 18.2 Å². The van der Waals surface area contributed by atoms with Gasteiger partial charge in [-0.2, -0.15) is 5.10 Å². The van der Waals surface area contributed by atoms with Gasteiger partial charge in [0, 0.05) is 5.56 Å². The minimum absolute atomic E-state index is 0.0597. The minimum Gasteiger partial charge on any atom is -0.496 e.